The molecule has 1 amide bonds. The fourth-order valence-electron chi connectivity index (χ4n) is 4.73. The molecule has 0 spiro atoms. The Hall–Kier alpha value is -2.79. The Kier molecular flexibility index (Phi) is 6.28. The first-order valence-corrected chi connectivity index (χ1v) is 11.7. The minimum atomic E-state index is -0.695. The number of halogens is 1. The van der Waals surface area contributed by atoms with Gasteiger partial charge in [-0.05, 0) is 75.3 Å². The molecular weight excluding hydrogens is 438 g/mol. The fraction of sp³-hybridized carbons (Fsp3) is 0.407. The van der Waals surface area contributed by atoms with Gasteiger partial charge >= 0.3 is 12.1 Å². The zero-order chi connectivity index (χ0) is 23.7. The summed E-state index contributed by atoms with van der Waals surface area (Å²) in [6.45, 7) is 5.84. The predicted octanol–water partition coefficient (Wildman–Crippen LogP) is 6.30. The zero-order valence-electron chi connectivity index (χ0n) is 19.3. The molecule has 1 N–H and O–H groups in total. The topological polar surface area (TPSA) is 64.6 Å². The number of esters is 1. The molecule has 2 aromatic carbocycles. The quantitative estimate of drug-likeness (QED) is 0.524. The lowest BCUT2D eigenvalue weighted by Gasteiger charge is -2.51. The van der Waals surface area contributed by atoms with Crippen LogP contribution in [0.25, 0.3) is 5.57 Å². The summed E-state index contributed by atoms with van der Waals surface area (Å²) in [6, 6.07) is 17.1. The van der Waals surface area contributed by atoms with Crippen LogP contribution in [0.15, 0.2) is 60.7 Å². The lowest BCUT2D eigenvalue weighted by Crippen LogP contribution is -2.58. The monoisotopic (exact) mass is 467 g/mol. The first-order valence-electron chi connectivity index (χ1n) is 11.3. The number of hydrogen-bond donors (Lipinski definition) is 1. The van der Waals surface area contributed by atoms with E-state index in [0.717, 1.165) is 16.7 Å². The summed E-state index contributed by atoms with van der Waals surface area (Å²) in [4.78, 5) is 26.0. The van der Waals surface area contributed by atoms with E-state index in [1.165, 1.54) is 0 Å². The highest BCUT2D eigenvalue weighted by atomic mass is 35.5. The standard InChI is InChI=1S/C27H30ClNO4/c1-25(2,3)33-23(30)26-13-15-27(16-14-26,22(17-26)20-9-11-21(28)12-10-20)29-24(31)32-18-19-7-5-4-6-8-19/h4-12,17H,13-16,18H2,1-3H3,(H,29,31). The van der Waals surface area contributed by atoms with Crippen molar-refractivity contribution in [2.75, 3.05) is 0 Å². The van der Waals surface area contributed by atoms with Crippen LogP contribution < -0.4 is 5.32 Å². The highest BCUT2D eigenvalue weighted by molar-refractivity contribution is 6.30. The van der Waals surface area contributed by atoms with E-state index in [1.54, 1.807) is 0 Å². The largest absolute Gasteiger partial charge is 0.459 e. The zero-order valence-corrected chi connectivity index (χ0v) is 20.1. The normalized spacial score (nSPS) is 24.1. The molecule has 1 fully saturated rings. The van der Waals surface area contributed by atoms with Gasteiger partial charge in [0.2, 0.25) is 0 Å². The molecule has 0 unspecified atom stereocenters. The van der Waals surface area contributed by atoms with E-state index in [1.807, 2.05) is 81.4 Å². The fourth-order valence-corrected chi connectivity index (χ4v) is 4.86. The van der Waals surface area contributed by atoms with E-state index in [-0.39, 0.29) is 12.6 Å². The van der Waals surface area contributed by atoms with E-state index in [4.69, 9.17) is 21.1 Å². The molecule has 0 aliphatic heterocycles. The average molecular weight is 468 g/mol. The van der Waals surface area contributed by atoms with Gasteiger partial charge in [0.25, 0.3) is 0 Å². The summed E-state index contributed by atoms with van der Waals surface area (Å²) in [6.07, 6.45) is 4.01. The summed E-state index contributed by atoms with van der Waals surface area (Å²) in [5, 5.41) is 3.77. The molecule has 6 heteroatoms. The Morgan fingerprint density at radius 2 is 1.61 bits per heavy atom. The first kappa shape index (κ1) is 23.4. The van der Waals surface area contributed by atoms with Gasteiger partial charge in [0.05, 0.1) is 11.0 Å². The van der Waals surface area contributed by atoms with Crippen LogP contribution in [0.5, 0.6) is 0 Å². The number of fused-ring (bicyclic) bond motifs is 2. The lowest BCUT2D eigenvalue weighted by molar-refractivity contribution is -0.167. The minimum Gasteiger partial charge on any atom is -0.459 e. The SMILES string of the molecule is CC(C)(C)OC(=O)C12C=C(c3ccc(Cl)cc3)C(NC(=O)OCc3ccccc3)(CC1)CC2. The van der Waals surface area contributed by atoms with E-state index in [2.05, 4.69) is 5.32 Å². The molecule has 2 aromatic rings. The van der Waals surface area contributed by atoms with E-state index >= 15 is 0 Å². The van der Waals surface area contributed by atoms with E-state index in [9.17, 15) is 9.59 Å². The number of carbonyl (C=O) groups is 2. The van der Waals surface area contributed by atoms with Crippen LogP contribution in [0.3, 0.4) is 0 Å². The Bertz CT molecular complexity index is 1050. The number of alkyl carbamates (subject to hydrolysis) is 1. The maximum absolute atomic E-state index is 13.2. The molecule has 1 saturated carbocycles. The Morgan fingerprint density at radius 3 is 2.21 bits per heavy atom. The van der Waals surface area contributed by atoms with Gasteiger partial charge < -0.3 is 14.8 Å². The maximum atomic E-state index is 13.2. The van der Waals surface area contributed by atoms with Gasteiger partial charge in [0.15, 0.2) is 0 Å². The number of carbonyl (C=O) groups excluding carboxylic acids is 2. The Morgan fingerprint density at radius 1 is 0.970 bits per heavy atom. The molecule has 2 bridgehead atoms. The third kappa shape index (κ3) is 5.09. The van der Waals surface area contributed by atoms with Crippen molar-refractivity contribution in [1.82, 2.24) is 5.32 Å². The second-order valence-corrected chi connectivity index (χ2v) is 10.4. The second kappa shape index (κ2) is 8.86. The number of nitrogens with one attached hydrogen (secondary N) is 1. The summed E-state index contributed by atoms with van der Waals surface area (Å²) in [5.41, 5.74) is 0.903. The molecule has 174 valence electrons. The third-order valence-corrected chi connectivity index (χ3v) is 6.70. The highest BCUT2D eigenvalue weighted by Gasteiger charge is 2.55. The lowest BCUT2D eigenvalue weighted by atomic mass is 9.57. The van der Waals surface area contributed by atoms with Crippen molar-refractivity contribution in [1.29, 1.82) is 0 Å². The molecule has 33 heavy (non-hydrogen) atoms. The van der Waals surface area contributed by atoms with Crippen molar-refractivity contribution in [3.05, 3.63) is 76.8 Å². The third-order valence-electron chi connectivity index (χ3n) is 6.45. The number of ether oxygens (including phenoxy) is 2. The van der Waals surface area contributed by atoms with Crippen molar-refractivity contribution in [2.45, 2.75) is 64.2 Å². The van der Waals surface area contributed by atoms with Crippen LogP contribution in [0.1, 0.15) is 57.6 Å². The van der Waals surface area contributed by atoms with Crippen molar-refractivity contribution in [3.63, 3.8) is 0 Å². The van der Waals surface area contributed by atoms with Gasteiger partial charge in [-0.3, -0.25) is 4.79 Å². The summed E-state index contributed by atoms with van der Waals surface area (Å²) < 4.78 is 11.3. The van der Waals surface area contributed by atoms with Crippen molar-refractivity contribution >= 4 is 29.2 Å². The smallest absolute Gasteiger partial charge is 0.408 e. The van der Waals surface area contributed by atoms with Crippen molar-refractivity contribution in [3.8, 4) is 0 Å². The molecule has 0 saturated heterocycles. The molecule has 0 atom stereocenters. The Labute approximate surface area is 200 Å². The number of amides is 1. The molecule has 5 nitrogen and oxygen atoms in total. The molecule has 5 rings (SSSR count). The van der Waals surface area contributed by atoms with Gasteiger partial charge in [-0.1, -0.05) is 60.1 Å². The number of hydrogen-bond acceptors (Lipinski definition) is 4. The molecule has 3 aliphatic carbocycles. The average Bonchev–Trinajstić information content (AvgIpc) is 2.78. The predicted molar refractivity (Wildman–Crippen MR) is 129 cm³/mol. The van der Waals surface area contributed by atoms with Crippen LogP contribution in [0.4, 0.5) is 4.79 Å². The van der Waals surface area contributed by atoms with Gasteiger partial charge in [0, 0.05) is 5.02 Å². The summed E-state index contributed by atoms with van der Waals surface area (Å²) in [5.74, 6) is -0.207. The molecule has 0 heterocycles. The van der Waals surface area contributed by atoms with Crippen LogP contribution in [-0.2, 0) is 20.9 Å². The minimum absolute atomic E-state index is 0.199. The van der Waals surface area contributed by atoms with Gasteiger partial charge in [-0.25, -0.2) is 4.79 Å². The second-order valence-electron chi connectivity index (χ2n) is 9.99. The van der Waals surface area contributed by atoms with Gasteiger partial charge in [0.1, 0.15) is 12.2 Å². The van der Waals surface area contributed by atoms with E-state index in [0.29, 0.717) is 30.7 Å². The van der Waals surface area contributed by atoms with Crippen LogP contribution in [0.2, 0.25) is 5.02 Å². The Balaban J connectivity index is 1.61. The van der Waals surface area contributed by atoms with Crippen LogP contribution in [-0.4, -0.2) is 23.2 Å². The molecular formula is C27H30ClNO4. The maximum Gasteiger partial charge on any atom is 0.408 e. The summed E-state index contributed by atoms with van der Waals surface area (Å²) in [7, 11) is 0. The molecule has 0 radical (unpaired) electrons. The van der Waals surface area contributed by atoms with Gasteiger partial charge in [-0.2, -0.15) is 0 Å². The van der Waals surface area contributed by atoms with Gasteiger partial charge in [-0.15, -0.1) is 0 Å². The number of benzene rings is 2. The van der Waals surface area contributed by atoms with Crippen LogP contribution in [0, 0.1) is 5.41 Å². The first-order chi connectivity index (χ1) is 15.6. The van der Waals surface area contributed by atoms with Crippen molar-refractivity contribution < 1.29 is 19.1 Å². The summed E-state index contributed by atoms with van der Waals surface area (Å²) >= 11 is 6.12. The van der Waals surface area contributed by atoms with Crippen LogP contribution >= 0.6 is 11.6 Å². The highest BCUT2D eigenvalue weighted by Crippen LogP contribution is 2.55. The molecule has 0 aromatic heterocycles. The van der Waals surface area contributed by atoms with E-state index < -0.39 is 22.6 Å². The molecule has 3 aliphatic rings. The van der Waals surface area contributed by atoms with Crippen molar-refractivity contribution in [2.24, 2.45) is 5.41 Å². The number of rotatable bonds is 5.